The van der Waals surface area contributed by atoms with Gasteiger partial charge in [-0.25, -0.2) is 4.98 Å². The molecule has 2 aromatic rings. The molecule has 0 fully saturated rings. The van der Waals surface area contributed by atoms with Crippen LogP contribution in [0.25, 0.3) is 11.3 Å². The predicted octanol–water partition coefficient (Wildman–Crippen LogP) is 3.65. The standard InChI is InChI=1S/C15H17N3O2/c1-3-11-5-7-12(8-6-11)15-13(18(19)20)9-10-14(17-15)16-4-2/h5-10H,3-4H2,1-2H3,(H,16,17). The summed E-state index contributed by atoms with van der Waals surface area (Å²) in [6.45, 7) is 4.75. The fourth-order valence-corrected chi connectivity index (χ4v) is 1.99. The van der Waals surface area contributed by atoms with E-state index in [1.807, 2.05) is 31.2 Å². The largest absolute Gasteiger partial charge is 0.370 e. The van der Waals surface area contributed by atoms with E-state index in [2.05, 4.69) is 17.2 Å². The van der Waals surface area contributed by atoms with Crippen molar-refractivity contribution >= 4 is 11.5 Å². The smallest absolute Gasteiger partial charge is 0.295 e. The molecule has 104 valence electrons. The van der Waals surface area contributed by atoms with Crippen molar-refractivity contribution in [2.75, 3.05) is 11.9 Å². The number of nitrogens with zero attached hydrogens (tertiary/aromatic N) is 2. The minimum atomic E-state index is -0.397. The lowest BCUT2D eigenvalue weighted by Crippen LogP contribution is -2.02. The van der Waals surface area contributed by atoms with Gasteiger partial charge in [0, 0.05) is 18.2 Å². The SMILES string of the molecule is CCNc1ccc([N+](=O)[O-])c(-c2ccc(CC)cc2)n1. The zero-order chi connectivity index (χ0) is 14.5. The summed E-state index contributed by atoms with van der Waals surface area (Å²) in [6, 6.07) is 10.8. The van der Waals surface area contributed by atoms with Crippen molar-refractivity contribution in [2.45, 2.75) is 20.3 Å². The van der Waals surface area contributed by atoms with Crippen LogP contribution in [0.5, 0.6) is 0 Å². The highest BCUT2D eigenvalue weighted by molar-refractivity contribution is 5.71. The summed E-state index contributed by atoms with van der Waals surface area (Å²) in [4.78, 5) is 15.1. The van der Waals surface area contributed by atoms with Gasteiger partial charge in [-0.05, 0) is 25.0 Å². The summed E-state index contributed by atoms with van der Waals surface area (Å²) < 4.78 is 0. The Labute approximate surface area is 117 Å². The van der Waals surface area contributed by atoms with Gasteiger partial charge < -0.3 is 5.32 Å². The Kier molecular flexibility index (Phi) is 4.30. The van der Waals surface area contributed by atoms with Crippen LogP contribution in [0.4, 0.5) is 11.5 Å². The van der Waals surface area contributed by atoms with Gasteiger partial charge in [-0.3, -0.25) is 10.1 Å². The molecule has 0 radical (unpaired) electrons. The van der Waals surface area contributed by atoms with Crippen molar-refractivity contribution in [1.82, 2.24) is 4.98 Å². The van der Waals surface area contributed by atoms with Crippen LogP contribution >= 0.6 is 0 Å². The summed E-state index contributed by atoms with van der Waals surface area (Å²) in [5, 5.41) is 14.2. The Morgan fingerprint density at radius 2 is 1.85 bits per heavy atom. The Morgan fingerprint density at radius 1 is 1.15 bits per heavy atom. The molecule has 0 atom stereocenters. The Balaban J connectivity index is 2.50. The number of anilines is 1. The van der Waals surface area contributed by atoms with E-state index >= 15 is 0 Å². The molecule has 1 N–H and O–H groups in total. The molecule has 0 bridgehead atoms. The normalized spacial score (nSPS) is 10.3. The summed E-state index contributed by atoms with van der Waals surface area (Å²) in [5.74, 6) is 0.646. The molecule has 5 nitrogen and oxygen atoms in total. The van der Waals surface area contributed by atoms with Crippen molar-refractivity contribution in [3.63, 3.8) is 0 Å². The monoisotopic (exact) mass is 271 g/mol. The highest BCUT2D eigenvalue weighted by Crippen LogP contribution is 2.29. The third-order valence-corrected chi connectivity index (χ3v) is 3.06. The van der Waals surface area contributed by atoms with Gasteiger partial charge in [-0.1, -0.05) is 31.2 Å². The van der Waals surface area contributed by atoms with Gasteiger partial charge in [-0.15, -0.1) is 0 Å². The lowest BCUT2D eigenvalue weighted by molar-refractivity contribution is -0.384. The van der Waals surface area contributed by atoms with Crippen molar-refractivity contribution in [2.24, 2.45) is 0 Å². The second-order valence-corrected chi connectivity index (χ2v) is 4.40. The predicted molar refractivity (Wildman–Crippen MR) is 79.9 cm³/mol. The first kappa shape index (κ1) is 14.0. The first-order valence-corrected chi connectivity index (χ1v) is 6.64. The quantitative estimate of drug-likeness (QED) is 0.665. The van der Waals surface area contributed by atoms with E-state index in [0.717, 1.165) is 18.5 Å². The number of pyridine rings is 1. The Hall–Kier alpha value is -2.43. The Morgan fingerprint density at radius 3 is 2.40 bits per heavy atom. The molecule has 20 heavy (non-hydrogen) atoms. The van der Waals surface area contributed by atoms with Crippen LogP contribution < -0.4 is 5.32 Å². The number of hydrogen-bond acceptors (Lipinski definition) is 4. The minimum Gasteiger partial charge on any atom is -0.370 e. The average molecular weight is 271 g/mol. The summed E-state index contributed by atoms with van der Waals surface area (Å²) >= 11 is 0. The molecule has 1 aromatic carbocycles. The molecular weight excluding hydrogens is 254 g/mol. The van der Waals surface area contributed by atoms with Gasteiger partial charge in [0.1, 0.15) is 5.82 Å². The maximum atomic E-state index is 11.1. The van der Waals surface area contributed by atoms with Crippen molar-refractivity contribution < 1.29 is 4.92 Å². The lowest BCUT2D eigenvalue weighted by Gasteiger charge is -2.07. The van der Waals surface area contributed by atoms with Crippen LogP contribution in [0.3, 0.4) is 0 Å². The number of hydrogen-bond donors (Lipinski definition) is 1. The molecule has 1 aromatic heterocycles. The second-order valence-electron chi connectivity index (χ2n) is 4.40. The van der Waals surface area contributed by atoms with E-state index < -0.39 is 4.92 Å². The average Bonchev–Trinajstić information content (AvgIpc) is 2.47. The summed E-state index contributed by atoms with van der Waals surface area (Å²) in [5.41, 5.74) is 2.37. The zero-order valence-electron chi connectivity index (χ0n) is 11.6. The number of nitrogens with one attached hydrogen (secondary N) is 1. The molecule has 1 heterocycles. The van der Waals surface area contributed by atoms with Gasteiger partial charge in [0.25, 0.3) is 5.69 Å². The number of rotatable bonds is 5. The van der Waals surface area contributed by atoms with E-state index in [1.54, 1.807) is 6.07 Å². The zero-order valence-corrected chi connectivity index (χ0v) is 11.6. The van der Waals surface area contributed by atoms with Crippen LogP contribution in [0.2, 0.25) is 0 Å². The molecular formula is C15H17N3O2. The van der Waals surface area contributed by atoms with Gasteiger partial charge >= 0.3 is 0 Å². The van der Waals surface area contributed by atoms with Crippen LogP contribution in [0.1, 0.15) is 19.4 Å². The summed E-state index contributed by atoms with van der Waals surface area (Å²) in [6.07, 6.45) is 0.938. The molecule has 0 aliphatic carbocycles. The highest BCUT2D eigenvalue weighted by Gasteiger charge is 2.17. The molecule has 0 saturated carbocycles. The van der Waals surface area contributed by atoms with Gasteiger partial charge in [0.05, 0.1) is 4.92 Å². The molecule has 0 amide bonds. The van der Waals surface area contributed by atoms with E-state index in [0.29, 0.717) is 11.5 Å². The topological polar surface area (TPSA) is 68.1 Å². The van der Waals surface area contributed by atoms with Gasteiger partial charge in [0.2, 0.25) is 0 Å². The lowest BCUT2D eigenvalue weighted by atomic mass is 10.1. The highest BCUT2D eigenvalue weighted by atomic mass is 16.6. The van der Waals surface area contributed by atoms with Crippen molar-refractivity contribution in [3.05, 3.63) is 52.1 Å². The van der Waals surface area contributed by atoms with Crippen molar-refractivity contribution in [3.8, 4) is 11.3 Å². The maximum absolute atomic E-state index is 11.1. The first-order valence-electron chi connectivity index (χ1n) is 6.64. The number of aryl methyl sites for hydroxylation is 1. The Bertz CT molecular complexity index is 609. The fraction of sp³-hybridized carbons (Fsp3) is 0.267. The molecule has 2 rings (SSSR count). The first-order chi connectivity index (χ1) is 9.65. The second kappa shape index (κ2) is 6.14. The van der Waals surface area contributed by atoms with Crippen molar-refractivity contribution in [1.29, 1.82) is 0 Å². The van der Waals surface area contributed by atoms with Crippen LogP contribution in [0, 0.1) is 10.1 Å². The van der Waals surface area contributed by atoms with Gasteiger partial charge in [-0.2, -0.15) is 0 Å². The van der Waals surface area contributed by atoms with Crippen LogP contribution in [-0.2, 0) is 6.42 Å². The van der Waals surface area contributed by atoms with E-state index in [-0.39, 0.29) is 5.69 Å². The molecule has 0 unspecified atom stereocenters. The molecule has 0 spiro atoms. The third kappa shape index (κ3) is 2.93. The number of aromatic nitrogens is 1. The van der Waals surface area contributed by atoms with Crippen LogP contribution in [-0.4, -0.2) is 16.5 Å². The summed E-state index contributed by atoms with van der Waals surface area (Å²) in [7, 11) is 0. The number of nitro groups is 1. The van der Waals surface area contributed by atoms with E-state index in [1.165, 1.54) is 11.6 Å². The van der Waals surface area contributed by atoms with E-state index in [9.17, 15) is 10.1 Å². The molecule has 0 saturated heterocycles. The fourth-order valence-electron chi connectivity index (χ4n) is 1.99. The van der Waals surface area contributed by atoms with E-state index in [4.69, 9.17) is 0 Å². The third-order valence-electron chi connectivity index (χ3n) is 3.06. The minimum absolute atomic E-state index is 0.0240. The van der Waals surface area contributed by atoms with Gasteiger partial charge in [0.15, 0.2) is 5.69 Å². The van der Waals surface area contributed by atoms with Crippen LogP contribution in [0.15, 0.2) is 36.4 Å². The molecule has 5 heteroatoms. The molecule has 0 aliphatic heterocycles. The number of benzene rings is 1. The molecule has 0 aliphatic rings. The maximum Gasteiger partial charge on any atom is 0.295 e.